The number of Topliss-reactive ketones (excluding diaryl/α,β-unsaturated/α-hetero) is 1. The lowest BCUT2D eigenvalue weighted by molar-refractivity contribution is 0.0829. The number of ketones is 1. The number of rotatable bonds is 6. The van der Waals surface area contributed by atoms with E-state index in [0.29, 0.717) is 5.92 Å². The van der Waals surface area contributed by atoms with Crippen LogP contribution in [0.15, 0.2) is 18.2 Å². The molecule has 0 saturated heterocycles. The molecule has 0 spiro atoms. The van der Waals surface area contributed by atoms with Gasteiger partial charge in [0, 0.05) is 12.1 Å². The summed E-state index contributed by atoms with van der Waals surface area (Å²) in [4.78, 5) is 14.8. The van der Waals surface area contributed by atoms with Crippen LogP contribution in [0, 0.1) is 19.8 Å². The average molecular weight is 261 g/mol. The summed E-state index contributed by atoms with van der Waals surface area (Å²) in [6.07, 6.45) is 0. The summed E-state index contributed by atoms with van der Waals surface area (Å²) in [5, 5.41) is 0. The number of benzene rings is 1. The molecule has 0 saturated carbocycles. The number of hydrogen-bond acceptors (Lipinski definition) is 2. The molecule has 106 valence electrons. The highest BCUT2D eigenvalue weighted by Crippen LogP contribution is 2.15. The van der Waals surface area contributed by atoms with Crippen LogP contribution in [0.4, 0.5) is 0 Å². The molecule has 0 aliphatic heterocycles. The summed E-state index contributed by atoms with van der Waals surface area (Å²) in [6, 6.07) is 5.95. The summed E-state index contributed by atoms with van der Waals surface area (Å²) in [7, 11) is 0. The molecule has 2 heteroatoms. The van der Waals surface area contributed by atoms with Crippen molar-refractivity contribution in [3.8, 4) is 0 Å². The normalized spacial score (nSPS) is 13.1. The van der Waals surface area contributed by atoms with E-state index in [2.05, 4.69) is 39.5 Å². The fourth-order valence-corrected chi connectivity index (χ4v) is 2.33. The second-order valence-electron chi connectivity index (χ2n) is 5.82. The fourth-order valence-electron chi connectivity index (χ4n) is 2.33. The van der Waals surface area contributed by atoms with Gasteiger partial charge in [-0.3, -0.25) is 9.69 Å². The Kier molecular flexibility index (Phi) is 5.74. The lowest BCUT2D eigenvalue weighted by Gasteiger charge is -2.28. The molecular weight excluding hydrogens is 234 g/mol. The van der Waals surface area contributed by atoms with Crippen molar-refractivity contribution in [2.24, 2.45) is 5.92 Å². The van der Waals surface area contributed by atoms with Crippen LogP contribution in [0.1, 0.15) is 49.2 Å². The molecule has 0 aliphatic carbocycles. The van der Waals surface area contributed by atoms with Crippen LogP contribution in [0.5, 0.6) is 0 Å². The maximum atomic E-state index is 12.5. The molecule has 1 unspecified atom stereocenters. The van der Waals surface area contributed by atoms with Crippen molar-refractivity contribution in [3.05, 3.63) is 34.9 Å². The molecule has 1 aromatic rings. The van der Waals surface area contributed by atoms with Crippen LogP contribution in [0.2, 0.25) is 0 Å². The molecule has 2 nitrogen and oxygen atoms in total. The largest absolute Gasteiger partial charge is 0.294 e. The van der Waals surface area contributed by atoms with Gasteiger partial charge >= 0.3 is 0 Å². The van der Waals surface area contributed by atoms with E-state index in [1.807, 2.05) is 25.1 Å². The molecule has 1 aromatic carbocycles. The van der Waals surface area contributed by atoms with Gasteiger partial charge in [0.15, 0.2) is 5.78 Å². The molecule has 0 amide bonds. The highest BCUT2D eigenvalue weighted by molar-refractivity contribution is 6.00. The number of likely N-dealkylation sites (N-methyl/N-ethyl adjacent to an activating group) is 1. The van der Waals surface area contributed by atoms with Gasteiger partial charge in [0.25, 0.3) is 0 Å². The third-order valence-corrected chi connectivity index (χ3v) is 3.72. The molecule has 0 N–H and O–H groups in total. The van der Waals surface area contributed by atoms with E-state index in [4.69, 9.17) is 0 Å². The molecule has 0 heterocycles. The first-order valence-electron chi connectivity index (χ1n) is 7.22. The minimum absolute atomic E-state index is 0.0468. The van der Waals surface area contributed by atoms with Crippen LogP contribution >= 0.6 is 0 Å². The second kappa shape index (κ2) is 6.85. The zero-order valence-electron chi connectivity index (χ0n) is 13.2. The molecule has 1 atom stereocenters. The van der Waals surface area contributed by atoms with E-state index >= 15 is 0 Å². The lowest BCUT2D eigenvalue weighted by atomic mass is 9.99. The van der Waals surface area contributed by atoms with Crippen molar-refractivity contribution < 1.29 is 4.79 Å². The molecule has 0 bridgehead atoms. The summed E-state index contributed by atoms with van der Waals surface area (Å²) >= 11 is 0. The zero-order chi connectivity index (χ0) is 14.6. The number of nitrogens with zero attached hydrogens (tertiary/aromatic N) is 1. The van der Waals surface area contributed by atoms with E-state index in [1.54, 1.807) is 0 Å². The minimum Gasteiger partial charge on any atom is -0.294 e. The van der Waals surface area contributed by atoms with Crippen molar-refractivity contribution in [2.75, 3.05) is 13.1 Å². The Labute approximate surface area is 117 Å². The van der Waals surface area contributed by atoms with Gasteiger partial charge in [0.1, 0.15) is 0 Å². The van der Waals surface area contributed by atoms with E-state index in [0.717, 1.165) is 18.7 Å². The van der Waals surface area contributed by atoms with Crippen molar-refractivity contribution >= 4 is 5.78 Å². The first kappa shape index (κ1) is 15.9. The Hall–Kier alpha value is -1.15. The molecule has 0 aliphatic rings. The van der Waals surface area contributed by atoms with Crippen molar-refractivity contribution in [1.29, 1.82) is 0 Å². The molecule has 1 rings (SSSR count). The minimum atomic E-state index is -0.0468. The molecule has 0 radical (unpaired) electrons. The average Bonchev–Trinajstić information content (AvgIpc) is 2.37. The number of hydrogen-bond donors (Lipinski definition) is 0. The predicted molar refractivity (Wildman–Crippen MR) is 81.8 cm³/mol. The standard InChI is InChI=1S/C17H27NO/c1-7-18(11-12(2)3)15(6)17(19)16-9-8-13(4)14(5)10-16/h8-10,12,15H,7,11H2,1-6H3. The summed E-state index contributed by atoms with van der Waals surface area (Å²) in [5.74, 6) is 0.806. The Bertz CT molecular complexity index is 437. The fraction of sp³-hybridized carbons (Fsp3) is 0.588. The quantitative estimate of drug-likeness (QED) is 0.725. The van der Waals surface area contributed by atoms with Crippen LogP contribution in [0.3, 0.4) is 0 Å². The maximum Gasteiger partial charge on any atom is 0.179 e. The van der Waals surface area contributed by atoms with Gasteiger partial charge in [0.05, 0.1) is 6.04 Å². The summed E-state index contributed by atoms with van der Waals surface area (Å²) in [5.41, 5.74) is 3.25. The molecule has 19 heavy (non-hydrogen) atoms. The second-order valence-corrected chi connectivity index (χ2v) is 5.82. The first-order valence-corrected chi connectivity index (χ1v) is 7.22. The topological polar surface area (TPSA) is 20.3 Å². The van der Waals surface area contributed by atoms with E-state index < -0.39 is 0 Å². The van der Waals surface area contributed by atoms with Gasteiger partial charge in [-0.05, 0) is 50.4 Å². The predicted octanol–water partition coefficient (Wildman–Crippen LogP) is 3.85. The van der Waals surface area contributed by atoms with Gasteiger partial charge in [-0.2, -0.15) is 0 Å². The molecule has 0 fully saturated rings. The Morgan fingerprint density at radius 3 is 2.26 bits per heavy atom. The molecule has 0 aromatic heterocycles. The first-order chi connectivity index (χ1) is 8.86. The number of aryl methyl sites for hydroxylation is 2. The summed E-state index contributed by atoms with van der Waals surface area (Å²) in [6.45, 7) is 14.5. The highest BCUT2D eigenvalue weighted by atomic mass is 16.1. The third-order valence-electron chi connectivity index (χ3n) is 3.72. The van der Waals surface area contributed by atoms with Gasteiger partial charge in [-0.25, -0.2) is 0 Å². The summed E-state index contributed by atoms with van der Waals surface area (Å²) < 4.78 is 0. The number of carbonyl (C=O) groups excluding carboxylic acids is 1. The van der Waals surface area contributed by atoms with Crippen LogP contribution in [0.25, 0.3) is 0 Å². The van der Waals surface area contributed by atoms with E-state index in [1.165, 1.54) is 11.1 Å². The van der Waals surface area contributed by atoms with Gasteiger partial charge in [-0.15, -0.1) is 0 Å². The SMILES string of the molecule is CCN(CC(C)C)C(C)C(=O)c1ccc(C)c(C)c1. The maximum absolute atomic E-state index is 12.5. The smallest absolute Gasteiger partial charge is 0.179 e. The van der Waals surface area contributed by atoms with Gasteiger partial charge in [-0.1, -0.05) is 32.9 Å². The molecular formula is C17H27NO. The zero-order valence-corrected chi connectivity index (χ0v) is 13.2. The van der Waals surface area contributed by atoms with Crippen molar-refractivity contribution in [1.82, 2.24) is 4.90 Å². The van der Waals surface area contributed by atoms with Crippen LogP contribution < -0.4 is 0 Å². The third kappa shape index (κ3) is 4.17. The van der Waals surface area contributed by atoms with Crippen LogP contribution in [-0.2, 0) is 0 Å². The highest BCUT2D eigenvalue weighted by Gasteiger charge is 2.22. The Balaban J connectivity index is 2.88. The van der Waals surface area contributed by atoms with E-state index in [9.17, 15) is 4.79 Å². The lowest BCUT2D eigenvalue weighted by Crippen LogP contribution is -2.41. The Morgan fingerprint density at radius 1 is 1.16 bits per heavy atom. The van der Waals surface area contributed by atoms with Gasteiger partial charge < -0.3 is 0 Å². The van der Waals surface area contributed by atoms with Crippen LogP contribution in [-0.4, -0.2) is 29.8 Å². The number of carbonyl (C=O) groups is 1. The van der Waals surface area contributed by atoms with E-state index in [-0.39, 0.29) is 11.8 Å². The van der Waals surface area contributed by atoms with Gasteiger partial charge in [0.2, 0.25) is 0 Å². The van der Waals surface area contributed by atoms with Crippen molar-refractivity contribution in [3.63, 3.8) is 0 Å². The monoisotopic (exact) mass is 261 g/mol. The van der Waals surface area contributed by atoms with Crippen molar-refractivity contribution in [2.45, 2.75) is 47.6 Å². The Morgan fingerprint density at radius 2 is 1.79 bits per heavy atom.